The number of halogens is 1. The van der Waals surface area contributed by atoms with E-state index in [2.05, 4.69) is 29.1 Å². The van der Waals surface area contributed by atoms with E-state index in [1.165, 1.54) is 6.33 Å². The molecule has 1 aromatic carbocycles. The largest absolute Gasteiger partial charge is 0.454 e. The van der Waals surface area contributed by atoms with Gasteiger partial charge in [0, 0.05) is 17.3 Å². The highest BCUT2D eigenvalue weighted by atomic mass is 35.5. The van der Waals surface area contributed by atoms with Crippen molar-refractivity contribution in [3.05, 3.63) is 35.2 Å². The quantitative estimate of drug-likeness (QED) is 0.873. The Morgan fingerprint density at radius 1 is 1.20 bits per heavy atom. The fourth-order valence-electron chi connectivity index (χ4n) is 2.10. The summed E-state index contributed by atoms with van der Waals surface area (Å²) in [6.07, 6.45) is 1.45. The van der Waals surface area contributed by atoms with Crippen molar-refractivity contribution in [2.24, 2.45) is 0 Å². The predicted octanol–water partition coefficient (Wildman–Crippen LogP) is 3.73. The summed E-state index contributed by atoms with van der Waals surface area (Å²) in [5.74, 6) is 2.40. The molecule has 2 aromatic rings. The van der Waals surface area contributed by atoms with Crippen LogP contribution in [0.3, 0.4) is 0 Å². The summed E-state index contributed by atoms with van der Waals surface area (Å²) in [6.45, 7) is 4.36. The molecule has 0 fully saturated rings. The van der Waals surface area contributed by atoms with E-state index in [0.717, 1.165) is 22.7 Å². The number of nitrogens with zero attached hydrogens (tertiary/aromatic N) is 2. The van der Waals surface area contributed by atoms with E-state index in [9.17, 15) is 0 Å². The highest BCUT2D eigenvalue weighted by Gasteiger charge is 2.16. The van der Waals surface area contributed by atoms with Gasteiger partial charge in [0.25, 0.3) is 0 Å². The van der Waals surface area contributed by atoms with Crippen molar-refractivity contribution in [3.63, 3.8) is 0 Å². The van der Waals surface area contributed by atoms with Crippen LogP contribution in [0, 0.1) is 0 Å². The minimum absolute atomic E-state index is 0.222. The van der Waals surface area contributed by atoms with Gasteiger partial charge in [0.1, 0.15) is 17.3 Å². The molecule has 0 unspecified atom stereocenters. The molecule has 0 radical (unpaired) electrons. The van der Waals surface area contributed by atoms with Gasteiger partial charge < -0.3 is 14.8 Å². The molecule has 0 saturated carbocycles. The Hall–Kier alpha value is -2.01. The number of anilines is 2. The molecule has 1 aliphatic heterocycles. The second kappa shape index (κ2) is 5.17. The zero-order valence-electron chi connectivity index (χ0n) is 11.2. The number of hydrogen-bond donors (Lipinski definition) is 1. The summed E-state index contributed by atoms with van der Waals surface area (Å²) in [5.41, 5.74) is 1.76. The van der Waals surface area contributed by atoms with Crippen LogP contribution in [-0.4, -0.2) is 16.8 Å². The van der Waals surface area contributed by atoms with E-state index in [-0.39, 0.29) is 12.7 Å². The topological polar surface area (TPSA) is 56.3 Å². The van der Waals surface area contributed by atoms with E-state index >= 15 is 0 Å². The minimum Gasteiger partial charge on any atom is -0.454 e. The summed E-state index contributed by atoms with van der Waals surface area (Å²) < 4.78 is 10.6. The normalized spacial score (nSPS) is 12.8. The van der Waals surface area contributed by atoms with Crippen LogP contribution in [0.15, 0.2) is 24.5 Å². The van der Waals surface area contributed by atoms with Crippen molar-refractivity contribution in [2.45, 2.75) is 19.8 Å². The maximum absolute atomic E-state index is 6.15. The number of hydrogen-bond acceptors (Lipinski definition) is 5. The second-order valence-corrected chi connectivity index (χ2v) is 5.13. The van der Waals surface area contributed by atoms with Crippen molar-refractivity contribution in [1.82, 2.24) is 9.97 Å². The average Bonchev–Trinajstić information content (AvgIpc) is 2.85. The maximum atomic E-state index is 6.15. The molecule has 0 bridgehead atoms. The molecule has 0 amide bonds. The first kappa shape index (κ1) is 13.0. The molecule has 0 aliphatic carbocycles. The second-order valence-electron chi connectivity index (χ2n) is 4.77. The zero-order chi connectivity index (χ0) is 14.1. The summed E-state index contributed by atoms with van der Waals surface area (Å²) in [7, 11) is 0. The summed E-state index contributed by atoms with van der Waals surface area (Å²) in [4.78, 5) is 8.30. The van der Waals surface area contributed by atoms with Gasteiger partial charge in [-0.3, -0.25) is 0 Å². The Bertz CT molecular complexity index is 646. The highest BCUT2D eigenvalue weighted by Crippen LogP contribution is 2.36. The van der Waals surface area contributed by atoms with Gasteiger partial charge in [-0.2, -0.15) is 0 Å². The molecule has 6 heteroatoms. The first-order valence-corrected chi connectivity index (χ1v) is 6.70. The van der Waals surface area contributed by atoms with Gasteiger partial charge in [0.15, 0.2) is 11.5 Å². The fourth-order valence-corrected chi connectivity index (χ4v) is 2.45. The third-order valence-corrected chi connectivity index (χ3v) is 3.35. The van der Waals surface area contributed by atoms with Crippen LogP contribution in [0.25, 0.3) is 0 Å². The molecule has 1 aliphatic rings. The van der Waals surface area contributed by atoms with Crippen LogP contribution < -0.4 is 14.8 Å². The van der Waals surface area contributed by atoms with Gasteiger partial charge in [-0.15, -0.1) is 0 Å². The van der Waals surface area contributed by atoms with E-state index in [1.54, 1.807) is 0 Å². The standard InChI is InChI=1S/C14H14ClN3O2/c1-8(2)12-13(15)16-6-17-14(12)18-9-3-4-10-11(5-9)20-7-19-10/h3-6,8H,7H2,1-2H3,(H,16,17,18). The Morgan fingerprint density at radius 3 is 2.80 bits per heavy atom. The predicted molar refractivity (Wildman–Crippen MR) is 77.0 cm³/mol. The Labute approximate surface area is 121 Å². The SMILES string of the molecule is CC(C)c1c(Cl)ncnc1Nc1ccc2c(c1)OCO2. The van der Waals surface area contributed by atoms with Gasteiger partial charge in [-0.05, 0) is 18.1 Å². The molecule has 20 heavy (non-hydrogen) atoms. The molecule has 104 valence electrons. The molecule has 0 atom stereocenters. The zero-order valence-corrected chi connectivity index (χ0v) is 11.9. The number of aromatic nitrogens is 2. The van der Waals surface area contributed by atoms with Crippen molar-refractivity contribution in [3.8, 4) is 11.5 Å². The molecule has 5 nitrogen and oxygen atoms in total. The van der Waals surface area contributed by atoms with Crippen molar-refractivity contribution < 1.29 is 9.47 Å². The van der Waals surface area contributed by atoms with Gasteiger partial charge in [-0.1, -0.05) is 25.4 Å². The van der Waals surface area contributed by atoms with Crippen LogP contribution in [0.5, 0.6) is 11.5 Å². The Morgan fingerprint density at radius 2 is 2.00 bits per heavy atom. The van der Waals surface area contributed by atoms with Gasteiger partial charge in [0.2, 0.25) is 6.79 Å². The first-order valence-electron chi connectivity index (χ1n) is 6.32. The highest BCUT2D eigenvalue weighted by molar-refractivity contribution is 6.30. The fraction of sp³-hybridized carbons (Fsp3) is 0.286. The van der Waals surface area contributed by atoms with Crippen LogP contribution in [-0.2, 0) is 0 Å². The molecular weight excluding hydrogens is 278 g/mol. The molecular formula is C14H14ClN3O2. The number of nitrogens with one attached hydrogen (secondary N) is 1. The van der Waals surface area contributed by atoms with E-state index in [0.29, 0.717) is 11.0 Å². The van der Waals surface area contributed by atoms with Crippen LogP contribution >= 0.6 is 11.6 Å². The Kier molecular flexibility index (Phi) is 3.36. The molecule has 1 N–H and O–H groups in total. The number of benzene rings is 1. The summed E-state index contributed by atoms with van der Waals surface area (Å²) >= 11 is 6.15. The number of rotatable bonds is 3. The Balaban J connectivity index is 1.93. The lowest BCUT2D eigenvalue weighted by Gasteiger charge is -2.14. The third kappa shape index (κ3) is 2.36. The maximum Gasteiger partial charge on any atom is 0.231 e. The van der Waals surface area contributed by atoms with Gasteiger partial charge in [0.05, 0.1) is 0 Å². The van der Waals surface area contributed by atoms with Crippen LogP contribution in [0.1, 0.15) is 25.3 Å². The van der Waals surface area contributed by atoms with Gasteiger partial charge >= 0.3 is 0 Å². The smallest absolute Gasteiger partial charge is 0.231 e. The van der Waals surface area contributed by atoms with Gasteiger partial charge in [-0.25, -0.2) is 9.97 Å². The third-order valence-electron chi connectivity index (χ3n) is 3.05. The summed E-state index contributed by atoms with van der Waals surface area (Å²) in [6, 6.07) is 5.65. The number of fused-ring (bicyclic) bond motifs is 1. The molecule has 2 heterocycles. The van der Waals surface area contributed by atoms with E-state index in [4.69, 9.17) is 21.1 Å². The lowest BCUT2D eigenvalue weighted by Crippen LogP contribution is -2.02. The van der Waals surface area contributed by atoms with Crippen molar-refractivity contribution >= 4 is 23.1 Å². The minimum atomic E-state index is 0.222. The molecule has 0 spiro atoms. The lowest BCUT2D eigenvalue weighted by molar-refractivity contribution is 0.174. The summed E-state index contributed by atoms with van der Waals surface area (Å²) in [5, 5.41) is 3.72. The van der Waals surface area contributed by atoms with E-state index < -0.39 is 0 Å². The average molecular weight is 292 g/mol. The molecule has 1 aromatic heterocycles. The van der Waals surface area contributed by atoms with Crippen molar-refractivity contribution in [2.75, 3.05) is 12.1 Å². The monoisotopic (exact) mass is 291 g/mol. The van der Waals surface area contributed by atoms with Crippen LogP contribution in [0.2, 0.25) is 5.15 Å². The lowest BCUT2D eigenvalue weighted by atomic mass is 10.1. The van der Waals surface area contributed by atoms with Crippen LogP contribution in [0.4, 0.5) is 11.5 Å². The van der Waals surface area contributed by atoms with Crippen molar-refractivity contribution in [1.29, 1.82) is 0 Å². The molecule has 0 saturated heterocycles. The number of ether oxygens (including phenoxy) is 2. The van der Waals surface area contributed by atoms with E-state index in [1.807, 2.05) is 18.2 Å². The molecule has 3 rings (SSSR count). The first-order chi connectivity index (χ1) is 9.65.